The Labute approximate surface area is 542 Å². The number of rotatable bonds is 64. The van der Waals surface area contributed by atoms with Crippen molar-refractivity contribution in [2.24, 2.45) is 0 Å². The molecule has 1 N–H and O–H groups in total. The number of hydrogen-bond acceptors (Lipinski definition) is 7. The van der Waals surface area contributed by atoms with E-state index in [-0.39, 0.29) is 32.0 Å². The molecule has 0 aliphatic heterocycles. The lowest BCUT2D eigenvalue weighted by atomic mass is 10.0. The lowest BCUT2D eigenvalue weighted by Gasteiger charge is -2.24. The van der Waals surface area contributed by atoms with E-state index in [0.29, 0.717) is 17.4 Å². The second-order valence-corrected chi connectivity index (χ2v) is 26.0. The molecule has 0 amide bonds. The summed E-state index contributed by atoms with van der Waals surface area (Å²) in [4.78, 5) is 35.9. The molecule has 0 saturated carbocycles. The molecule has 88 heavy (non-hydrogen) atoms. The van der Waals surface area contributed by atoms with Crippen molar-refractivity contribution < 1.29 is 42.1 Å². The van der Waals surface area contributed by atoms with E-state index in [0.717, 1.165) is 128 Å². The Morgan fingerprint density at radius 2 is 0.648 bits per heavy atom. The quantitative estimate of drug-likeness (QED) is 0.0211. The van der Waals surface area contributed by atoms with Gasteiger partial charge in [0.1, 0.15) is 19.8 Å². The van der Waals surface area contributed by atoms with Crippen molar-refractivity contribution in [1.82, 2.24) is 0 Å². The number of ether oxygens (including phenoxy) is 2. The molecule has 0 rings (SSSR count). The van der Waals surface area contributed by atoms with E-state index < -0.39 is 26.5 Å². The molecule has 0 heterocycles. The third-order valence-electron chi connectivity index (χ3n) is 14.9. The SMILES string of the molecule is CC/C=C\C/C=C\C/C=C\C/C=C\C/C=C\C/C=C\C/C=C\C/C=C\C/C=C\C/C=C\CCCCCCCCC(=O)OC(COC(=O)CCCCCCCCCCCCCCCCC/C=C\C/C=C\CCCCCCC)COP(=O)(O)OCC[N+](C)(C)C. The zero-order valence-corrected chi connectivity index (χ0v) is 58.1. The zero-order chi connectivity index (χ0) is 64.1. The van der Waals surface area contributed by atoms with Crippen molar-refractivity contribution in [1.29, 1.82) is 0 Å². The predicted molar refractivity (Wildman–Crippen MR) is 380 cm³/mol. The minimum absolute atomic E-state index is 0.0219. The minimum atomic E-state index is -4.41. The van der Waals surface area contributed by atoms with Gasteiger partial charge in [-0.25, -0.2) is 4.57 Å². The minimum Gasteiger partial charge on any atom is -0.462 e. The van der Waals surface area contributed by atoms with Crippen LogP contribution in [-0.4, -0.2) is 74.9 Å². The van der Waals surface area contributed by atoms with Crippen LogP contribution in [0.15, 0.2) is 146 Å². The number of allylic oxidation sites excluding steroid dienone is 24. The first kappa shape index (κ1) is 83.9. The van der Waals surface area contributed by atoms with Crippen molar-refractivity contribution in [2.45, 2.75) is 290 Å². The standard InChI is InChI=1S/C78H132NO8P/c1-6-8-10-12-14-16-18-20-22-24-26-28-30-32-34-35-36-37-38-39-40-41-42-43-45-47-49-51-53-55-57-59-61-63-65-67-69-71-78(81)87-76(75-86-88(82,83)85-73-72-79(3,4)5)74-84-77(80)70-68-66-64-62-60-58-56-54-52-50-48-46-44-33-31-29-27-25-23-21-19-17-15-13-11-9-7-2/h8,10,14,16,19-22,25-28,32,34,36-37,39-40,42-43,47,49,53,55,76H,6-7,9,11-13,15,17-18,23-24,29-31,33,35,38,41,44-46,48,50-52,54,56-75H2,1-5H3/p+1/b10-8-,16-14-,21-19-,22-20-,27-25-,28-26-,34-32-,37-36-,40-39-,43-42-,49-47-,55-53-. The van der Waals surface area contributed by atoms with E-state index in [9.17, 15) is 19.0 Å². The molecule has 0 bridgehead atoms. The van der Waals surface area contributed by atoms with Gasteiger partial charge in [0, 0.05) is 12.8 Å². The van der Waals surface area contributed by atoms with Crippen LogP contribution < -0.4 is 0 Å². The smallest absolute Gasteiger partial charge is 0.462 e. The van der Waals surface area contributed by atoms with Crippen molar-refractivity contribution in [2.75, 3.05) is 47.5 Å². The molecule has 2 atom stereocenters. The Kier molecular flexibility index (Phi) is 64.1. The van der Waals surface area contributed by atoms with Gasteiger partial charge in [0.2, 0.25) is 0 Å². The summed E-state index contributed by atoms with van der Waals surface area (Å²) in [6, 6.07) is 0. The summed E-state index contributed by atoms with van der Waals surface area (Å²) in [6.45, 7) is 4.30. The van der Waals surface area contributed by atoms with Crippen LogP contribution in [0.5, 0.6) is 0 Å². The van der Waals surface area contributed by atoms with Gasteiger partial charge in [-0.2, -0.15) is 0 Å². The van der Waals surface area contributed by atoms with E-state index in [1.165, 1.54) is 122 Å². The lowest BCUT2D eigenvalue weighted by molar-refractivity contribution is -0.870. The van der Waals surface area contributed by atoms with E-state index in [1.807, 2.05) is 21.1 Å². The zero-order valence-electron chi connectivity index (χ0n) is 57.2. The fraction of sp³-hybridized carbons (Fsp3) is 0.667. The number of carbonyl (C=O) groups is 2. The Morgan fingerprint density at radius 1 is 0.364 bits per heavy atom. The van der Waals surface area contributed by atoms with E-state index in [2.05, 4.69) is 160 Å². The topological polar surface area (TPSA) is 108 Å². The maximum Gasteiger partial charge on any atom is 0.472 e. The highest BCUT2D eigenvalue weighted by molar-refractivity contribution is 7.47. The van der Waals surface area contributed by atoms with Gasteiger partial charge in [0.15, 0.2) is 6.10 Å². The number of phosphoric ester groups is 1. The molecule has 0 radical (unpaired) electrons. The van der Waals surface area contributed by atoms with Gasteiger partial charge >= 0.3 is 19.8 Å². The van der Waals surface area contributed by atoms with Gasteiger partial charge in [0.05, 0.1) is 27.7 Å². The second-order valence-electron chi connectivity index (χ2n) is 24.5. The number of unbranched alkanes of at least 4 members (excludes halogenated alkanes) is 26. The molecule has 0 aliphatic rings. The van der Waals surface area contributed by atoms with Crippen molar-refractivity contribution in [3.8, 4) is 0 Å². The molecule has 0 saturated heterocycles. The largest absolute Gasteiger partial charge is 0.472 e. The van der Waals surface area contributed by atoms with Crippen molar-refractivity contribution in [3.63, 3.8) is 0 Å². The number of hydrogen-bond donors (Lipinski definition) is 1. The molecular formula is C78H133NO8P+. The molecule has 0 spiro atoms. The van der Waals surface area contributed by atoms with Gasteiger partial charge in [-0.05, 0) is 122 Å². The van der Waals surface area contributed by atoms with Crippen LogP contribution >= 0.6 is 7.82 Å². The fourth-order valence-corrected chi connectivity index (χ4v) is 10.2. The monoisotopic (exact) mass is 1240 g/mol. The Morgan fingerprint density at radius 3 is 0.966 bits per heavy atom. The van der Waals surface area contributed by atoms with Gasteiger partial charge in [-0.3, -0.25) is 18.6 Å². The van der Waals surface area contributed by atoms with Crippen LogP contribution in [0.25, 0.3) is 0 Å². The summed E-state index contributed by atoms with van der Waals surface area (Å²) in [5, 5.41) is 0. The summed E-state index contributed by atoms with van der Waals surface area (Å²) in [6.07, 6.45) is 99.4. The summed E-state index contributed by atoms with van der Waals surface area (Å²) < 4.78 is 34.7. The van der Waals surface area contributed by atoms with Crippen molar-refractivity contribution >= 4 is 19.8 Å². The first-order valence-corrected chi connectivity index (χ1v) is 37.1. The van der Waals surface area contributed by atoms with Crippen LogP contribution in [-0.2, 0) is 32.7 Å². The third-order valence-corrected chi connectivity index (χ3v) is 15.8. The fourth-order valence-electron chi connectivity index (χ4n) is 9.43. The summed E-state index contributed by atoms with van der Waals surface area (Å²) >= 11 is 0. The Hall–Kier alpha value is -4.11. The number of phosphoric acid groups is 1. The maximum absolute atomic E-state index is 12.9. The number of likely N-dealkylation sites (N-methyl/N-ethyl adjacent to an activating group) is 1. The molecule has 9 nitrogen and oxygen atoms in total. The van der Waals surface area contributed by atoms with Gasteiger partial charge in [-0.1, -0.05) is 295 Å². The first-order chi connectivity index (χ1) is 43.0. The predicted octanol–water partition coefficient (Wildman–Crippen LogP) is 23.4. The van der Waals surface area contributed by atoms with E-state index in [1.54, 1.807) is 0 Å². The van der Waals surface area contributed by atoms with Crippen LogP contribution in [0.1, 0.15) is 284 Å². The summed E-state index contributed by atoms with van der Waals surface area (Å²) in [5.74, 6) is -0.817. The van der Waals surface area contributed by atoms with Crippen LogP contribution in [0, 0.1) is 0 Å². The molecule has 2 unspecified atom stereocenters. The van der Waals surface area contributed by atoms with E-state index >= 15 is 0 Å². The Bertz CT molecular complexity index is 2000. The molecule has 0 aliphatic carbocycles. The van der Waals surface area contributed by atoms with Gasteiger partial charge < -0.3 is 18.9 Å². The highest BCUT2D eigenvalue weighted by atomic mass is 31.2. The molecule has 10 heteroatoms. The summed E-state index contributed by atoms with van der Waals surface area (Å²) in [7, 11) is 1.45. The molecule has 0 fully saturated rings. The van der Waals surface area contributed by atoms with E-state index in [4.69, 9.17) is 18.5 Å². The number of quaternary nitrogens is 1. The normalized spacial score (nSPS) is 14.0. The maximum atomic E-state index is 12.9. The second kappa shape index (κ2) is 67.3. The van der Waals surface area contributed by atoms with Crippen molar-refractivity contribution in [3.05, 3.63) is 146 Å². The van der Waals surface area contributed by atoms with Crippen LogP contribution in [0.2, 0.25) is 0 Å². The molecule has 0 aromatic rings. The third kappa shape index (κ3) is 71.0. The highest BCUT2D eigenvalue weighted by Crippen LogP contribution is 2.43. The first-order valence-electron chi connectivity index (χ1n) is 35.6. The van der Waals surface area contributed by atoms with Crippen LogP contribution in [0.3, 0.4) is 0 Å². The molecular weight excluding hydrogens is 1110 g/mol. The molecule has 502 valence electrons. The number of carbonyl (C=O) groups excluding carboxylic acids is 2. The van der Waals surface area contributed by atoms with Gasteiger partial charge in [-0.15, -0.1) is 0 Å². The number of nitrogens with zero attached hydrogens (tertiary/aromatic N) is 1. The number of esters is 2. The summed E-state index contributed by atoms with van der Waals surface area (Å²) in [5.41, 5.74) is 0. The highest BCUT2D eigenvalue weighted by Gasteiger charge is 2.27. The average Bonchev–Trinajstić information content (AvgIpc) is 3.68. The average molecular weight is 1240 g/mol. The lowest BCUT2D eigenvalue weighted by Crippen LogP contribution is -2.37. The van der Waals surface area contributed by atoms with Crippen LogP contribution in [0.4, 0.5) is 0 Å². The Balaban J connectivity index is 4.14. The molecule has 0 aromatic carbocycles. The molecule has 0 aromatic heterocycles. The van der Waals surface area contributed by atoms with Gasteiger partial charge in [0.25, 0.3) is 0 Å².